The number of carbonyl (C=O) groups excluding carboxylic acids is 1. The van der Waals surface area contributed by atoms with Gasteiger partial charge in [0.2, 0.25) is 5.91 Å². The Morgan fingerprint density at radius 2 is 2.21 bits per heavy atom. The standard InChI is InChI=1S/C12H21F2N3O2/c1-8(2)19-10-3-4-17(6-12(10,13)14)11(18)9-5-15-7-16-9/h8-10,15-16H,3-7H2,1-2H3/t9?,10-/m0/s1. The third kappa shape index (κ3) is 3.40. The Morgan fingerprint density at radius 1 is 1.47 bits per heavy atom. The van der Waals surface area contributed by atoms with Crippen LogP contribution in [0.1, 0.15) is 20.3 Å². The van der Waals surface area contributed by atoms with E-state index in [9.17, 15) is 13.6 Å². The highest BCUT2D eigenvalue weighted by molar-refractivity contribution is 5.82. The summed E-state index contributed by atoms with van der Waals surface area (Å²) in [6.07, 6.45) is -1.15. The Hall–Kier alpha value is -0.790. The maximum atomic E-state index is 14.0. The highest BCUT2D eigenvalue weighted by Crippen LogP contribution is 2.30. The molecule has 1 amide bonds. The molecule has 19 heavy (non-hydrogen) atoms. The Balaban J connectivity index is 1.95. The van der Waals surface area contributed by atoms with Gasteiger partial charge in [0.15, 0.2) is 0 Å². The number of nitrogens with zero attached hydrogens (tertiary/aromatic N) is 1. The molecule has 2 N–H and O–H groups in total. The Morgan fingerprint density at radius 3 is 2.74 bits per heavy atom. The highest BCUT2D eigenvalue weighted by atomic mass is 19.3. The van der Waals surface area contributed by atoms with Crippen LogP contribution in [0.15, 0.2) is 0 Å². The van der Waals surface area contributed by atoms with Crippen molar-refractivity contribution in [2.45, 2.75) is 44.4 Å². The first-order valence-electron chi connectivity index (χ1n) is 6.66. The quantitative estimate of drug-likeness (QED) is 0.772. The van der Waals surface area contributed by atoms with E-state index in [1.165, 1.54) is 4.90 Å². The van der Waals surface area contributed by atoms with Crippen LogP contribution in [0.4, 0.5) is 8.78 Å². The second-order valence-corrected chi connectivity index (χ2v) is 5.37. The van der Waals surface area contributed by atoms with Gasteiger partial charge in [-0.25, -0.2) is 8.78 Å². The Kier molecular flexibility index (Phi) is 4.37. The van der Waals surface area contributed by atoms with Gasteiger partial charge in [0.05, 0.1) is 12.6 Å². The fourth-order valence-corrected chi connectivity index (χ4v) is 2.48. The maximum absolute atomic E-state index is 14.0. The molecule has 0 bridgehead atoms. The molecule has 7 heteroatoms. The van der Waals surface area contributed by atoms with E-state index in [1.807, 2.05) is 0 Å². The molecule has 2 fully saturated rings. The van der Waals surface area contributed by atoms with E-state index in [4.69, 9.17) is 4.74 Å². The highest BCUT2D eigenvalue weighted by Gasteiger charge is 2.47. The summed E-state index contributed by atoms with van der Waals surface area (Å²) in [5.74, 6) is -3.24. The number of nitrogens with one attached hydrogen (secondary N) is 2. The van der Waals surface area contributed by atoms with Gasteiger partial charge in [-0.1, -0.05) is 0 Å². The minimum atomic E-state index is -2.98. The summed E-state index contributed by atoms with van der Waals surface area (Å²) >= 11 is 0. The molecule has 1 unspecified atom stereocenters. The Labute approximate surface area is 111 Å². The summed E-state index contributed by atoms with van der Waals surface area (Å²) in [7, 11) is 0. The van der Waals surface area contributed by atoms with Crippen LogP contribution in [-0.2, 0) is 9.53 Å². The molecule has 2 saturated heterocycles. The molecule has 0 aromatic rings. The predicted octanol–water partition coefficient (Wildman–Crippen LogP) is 0.167. The van der Waals surface area contributed by atoms with Crippen molar-refractivity contribution in [1.82, 2.24) is 15.5 Å². The smallest absolute Gasteiger partial charge is 0.290 e. The molecular weight excluding hydrogens is 256 g/mol. The average molecular weight is 277 g/mol. The number of piperidine rings is 1. The molecule has 2 atom stereocenters. The number of alkyl halides is 2. The van der Waals surface area contributed by atoms with Crippen LogP contribution in [0.25, 0.3) is 0 Å². The van der Waals surface area contributed by atoms with Crippen molar-refractivity contribution >= 4 is 5.91 Å². The zero-order valence-corrected chi connectivity index (χ0v) is 11.3. The van der Waals surface area contributed by atoms with Crippen molar-refractivity contribution < 1.29 is 18.3 Å². The minimum absolute atomic E-state index is 0.178. The van der Waals surface area contributed by atoms with Crippen LogP contribution in [-0.4, -0.2) is 61.3 Å². The van der Waals surface area contributed by atoms with Crippen molar-refractivity contribution in [3.05, 3.63) is 0 Å². The lowest BCUT2D eigenvalue weighted by atomic mass is 10.0. The van der Waals surface area contributed by atoms with E-state index in [1.54, 1.807) is 13.8 Å². The van der Waals surface area contributed by atoms with Gasteiger partial charge in [-0.15, -0.1) is 0 Å². The van der Waals surface area contributed by atoms with Gasteiger partial charge in [-0.2, -0.15) is 0 Å². The van der Waals surface area contributed by atoms with E-state index in [0.29, 0.717) is 19.8 Å². The zero-order valence-electron chi connectivity index (χ0n) is 11.3. The van der Waals surface area contributed by atoms with Crippen LogP contribution in [0.3, 0.4) is 0 Å². The first-order valence-corrected chi connectivity index (χ1v) is 6.66. The number of rotatable bonds is 3. The second kappa shape index (κ2) is 5.68. The molecular formula is C12H21F2N3O2. The lowest BCUT2D eigenvalue weighted by Gasteiger charge is -2.39. The molecule has 0 spiro atoms. The van der Waals surface area contributed by atoms with Gasteiger partial charge in [-0.05, 0) is 20.3 Å². The third-order valence-corrected chi connectivity index (χ3v) is 3.40. The van der Waals surface area contributed by atoms with Gasteiger partial charge in [0.1, 0.15) is 12.1 Å². The number of carbonyl (C=O) groups is 1. The number of amides is 1. The van der Waals surface area contributed by atoms with Crippen molar-refractivity contribution in [3.8, 4) is 0 Å². The van der Waals surface area contributed by atoms with Crippen LogP contribution in [0, 0.1) is 0 Å². The molecule has 5 nitrogen and oxygen atoms in total. The van der Waals surface area contributed by atoms with Crippen LogP contribution >= 0.6 is 0 Å². The van der Waals surface area contributed by atoms with E-state index in [-0.39, 0.29) is 18.4 Å². The lowest BCUT2D eigenvalue weighted by molar-refractivity contribution is -0.189. The van der Waals surface area contributed by atoms with Gasteiger partial charge >= 0.3 is 0 Å². The van der Waals surface area contributed by atoms with Crippen molar-refractivity contribution in [2.24, 2.45) is 0 Å². The van der Waals surface area contributed by atoms with E-state index in [0.717, 1.165) is 0 Å². The van der Waals surface area contributed by atoms with Gasteiger partial charge in [0.25, 0.3) is 5.92 Å². The summed E-state index contributed by atoms with van der Waals surface area (Å²) in [5, 5.41) is 5.92. The minimum Gasteiger partial charge on any atom is -0.369 e. The van der Waals surface area contributed by atoms with E-state index in [2.05, 4.69) is 10.6 Å². The normalized spacial score (nSPS) is 30.9. The molecule has 0 aliphatic carbocycles. The summed E-state index contributed by atoms with van der Waals surface area (Å²) in [6.45, 7) is 4.28. The second-order valence-electron chi connectivity index (χ2n) is 5.37. The molecule has 0 aromatic carbocycles. The van der Waals surface area contributed by atoms with Gasteiger partial charge in [-0.3, -0.25) is 10.1 Å². The first-order chi connectivity index (χ1) is 8.90. The van der Waals surface area contributed by atoms with Crippen molar-refractivity contribution in [1.29, 1.82) is 0 Å². The summed E-state index contributed by atoms with van der Waals surface area (Å²) in [6, 6.07) is -0.390. The van der Waals surface area contributed by atoms with E-state index >= 15 is 0 Å². The first kappa shape index (κ1) is 14.6. The number of hydrogen-bond donors (Lipinski definition) is 2. The van der Waals surface area contributed by atoms with Crippen molar-refractivity contribution in [3.63, 3.8) is 0 Å². The number of halogens is 2. The molecule has 0 radical (unpaired) electrons. The van der Waals surface area contributed by atoms with Crippen LogP contribution in [0.5, 0.6) is 0 Å². The van der Waals surface area contributed by atoms with Crippen LogP contribution in [0.2, 0.25) is 0 Å². The SMILES string of the molecule is CC(C)O[C@H]1CCN(C(=O)C2CNCN2)CC1(F)F. The summed E-state index contributed by atoms with van der Waals surface area (Å²) in [4.78, 5) is 13.3. The monoisotopic (exact) mass is 277 g/mol. The number of hydrogen-bond acceptors (Lipinski definition) is 4. The predicted molar refractivity (Wildman–Crippen MR) is 65.9 cm³/mol. The average Bonchev–Trinajstić information content (AvgIpc) is 2.83. The fourth-order valence-electron chi connectivity index (χ4n) is 2.48. The molecule has 2 rings (SSSR count). The molecule has 110 valence electrons. The number of ether oxygens (including phenoxy) is 1. The summed E-state index contributed by atoms with van der Waals surface area (Å²) in [5.41, 5.74) is 0. The zero-order chi connectivity index (χ0) is 14.0. The Bertz CT molecular complexity index is 333. The molecule has 0 aromatic heterocycles. The largest absolute Gasteiger partial charge is 0.369 e. The lowest BCUT2D eigenvalue weighted by Crippen LogP contribution is -2.57. The topological polar surface area (TPSA) is 53.6 Å². The molecule has 2 aliphatic rings. The maximum Gasteiger partial charge on any atom is 0.290 e. The van der Waals surface area contributed by atoms with Crippen LogP contribution < -0.4 is 10.6 Å². The molecule has 2 aliphatic heterocycles. The number of likely N-dealkylation sites (tertiary alicyclic amines) is 1. The van der Waals surface area contributed by atoms with Gasteiger partial charge in [0, 0.05) is 19.8 Å². The molecule has 0 saturated carbocycles. The third-order valence-electron chi connectivity index (χ3n) is 3.40. The van der Waals surface area contributed by atoms with Crippen molar-refractivity contribution in [2.75, 3.05) is 26.3 Å². The fraction of sp³-hybridized carbons (Fsp3) is 0.917. The molecule has 2 heterocycles. The van der Waals surface area contributed by atoms with E-state index < -0.39 is 24.6 Å². The summed E-state index contributed by atoms with van der Waals surface area (Å²) < 4.78 is 33.2. The van der Waals surface area contributed by atoms with Gasteiger partial charge < -0.3 is 15.0 Å².